The number of carbonyl (C=O) groups is 1. The quantitative estimate of drug-likeness (QED) is 0.125. The fourth-order valence-corrected chi connectivity index (χ4v) is 4.13. The Hall–Kier alpha value is -4.30. The van der Waals surface area contributed by atoms with Gasteiger partial charge in [0.15, 0.2) is 5.69 Å². The minimum absolute atomic E-state index is 0.159. The number of amides is 1. The van der Waals surface area contributed by atoms with Gasteiger partial charge in [-0.15, -0.1) is 0 Å². The molecule has 3 aromatic heterocycles. The lowest BCUT2D eigenvalue weighted by atomic mass is 10.2. The van der Waals surface area contributed by atoms with Crippen LogP contribution in [0.15, 0.2) is 53.4 Å². The first kappa shape index (κ1) is 27.7. The summed E-state index contributed by atoms with van der Waals surface area (Å²) < 4.78 is 16.4. The molecular formula is C25H26BrFN9O3+. The summed E-state index contributed by atoms with van der Waals surface area (Å²) in [6, 6.07) is 6.24. The highest BCUT2D eigenvalue weighted by atomic mass is 79.9. The number of hydrogen-bond donors (Lipinski definition) is 2. The Morgan fingerprint density at radius 2 is 2.03 bits per heavy atom. The monoisotopic (exact) mass is 598 g/mol. The van der Waals surface area contributed by atoms with Gasteiger partial charge in [0.1, 0.15) is 30.3 Å². The van der Waals surface area contributed by atoms with E-state index in [4.69, 9.17) is 0 Å². The van der Waals surface area contributed by atoms with Crippen LogP contribution < -0.4 is 10.6 Å². The van der Waals surface area contributed by atoms with Crippen molar-refractivity contribution in [2.75, 3.05) is 31.3 Å². The van der Waals surface area contributed by atoms with Crippen molar-refractivity contribution in [3.63, 3.8) is 0 Å². The first-order valence-electron chi connectivity index (χ1n) is 11.7. The molecule has 4 rings (SSSR count). The van der Waals surface area contributed by atoms with Gasteiger partial charge in [-0.1, -0.05) is 0 Å². The predicted molar refractivity (Wildman–Crippen MR) is 148 cm³/mol. The number of nitrogens with one attached hydrogen (secondary N) is 2. The molecule has 14 heteroatoms. The van der Waals surface area contributed by atoms with E-state index in [9.17, 15) is 19.3 Å². The van der Waals surface area contributed by atoms with Crippen molar-refractivity contribution < 1.29 is 18.6 Å². The van der Waals surface area contributed by atoms with Crippen LogP contribution in [-0.4, -0.2) is 60.5 Å². The first-order chi connectivity index (χ1) is 18.4. The lowest BCUT2D eigenvalue weighted by molar-refractivity contribution is -0.898. The molecule has 4 aromatic rings. The summed E-state index contributed by atoms with van der Waals surface area (Å²) >= 11 is 3.13. The average molecular weight is 599 g/mol. The van der Waals surface area contributed by atoms with Crippen molar-refractivity contribution >= 4 is 55.9 Å². The highest BCUT2D eigenvalue weighted by Crippen LogP contribution is 2.27. The van der Waals surface area contributed by atoms with E-state index in [1.807, 2.05) is 14.1 Å². The Morgan fingerprint density at radius 1 is 1.26 bits per heavy atom. The zero-order chi connectivity index (χ0) is 28.3. The molecule has 0 aliphatic carbocycles. The standard InChI is InChI=1S/C25H25BrFN9O3/c1-15-31-25(35(38)39)21(34(15)2)13-36(3,4)9-5-6-23(37)33-22-11-17-20(12-28-22)29-14-30-24(17)32-16-7-8-18(26)19(27)10-16/h5-8,10-12,14H,9,13H2,1-4H3,(H-,28,29,30,32,33,37)/p+1/b6-5+. The van der Waals surface area contributed by atoms with Gasteiger partial charge in [0, 0.05) is 31.1 Å². The minimum Gasteiger partial charge on any atom is -0.358 e. The largest absolute Gasteiger partial charge is 0.391 e. The number of aromatic nitrogens is 5. The number of quaternary nitrogens is 1. The zero-order valence-corrected chi connectivity index (χ0v) is 23.2. The van der Waals surface area contributed by atoms with Crippen LogP contribution in [-0.2, 0) is 18.4 Å². The Labute approximate surface area is 231 Å². The number of carbonyl (C=O) groups excluding carboxylic acids is 1. The van der Waals surface area contributed by atoms with E-state index < -0.39 is 16.6 Å². The number of aryl methyl sites for hydroxylation is 1. The van der Waals surface area contributed by atoms with E-state index in [1.54, 1.807) is 42.8 Å². The fourth-order valence-electron chi connectivity index (χ4n) is 3.88. The van der Waals surface area contributed by atoms with Crippen LogP contribution in [0.2, 0.25) is 0 Å². The smallest absolute Gasteiger partial charge is 0.358 e. The van der Waals surface area contributed by atoms with Gasteiger partial charge in [-0.25, -0.2) is 19.3 Å². The number of hydrogen-bond acceptors (Lipinski definition) is 8. The number of fused-ring (bicyclic) bond motifs is 1. The molecule has 3 heterocycles. The molecule has 39 heavy (non-hydrogen) atoms. The number of benzene rings is 1. The van der Waals surface area contributed by atoms with Gasteiger partial charge >= 0.3 is 5.82 Å². The Bertz CT molecular complexity index is 1600. The van der Waals surface area contributed by atoms with Crippen molar-refractivity contribution in [2.45, 2.75) is 13.5 Å². The number of rotatable bonds is 9. The molecule has 0 atom stereocenters. The van der Waals surface area contributed by atoms with Crippen molar-refractivity contribution in [3.05, 3.63) is 80.9 Å². The van der Waals surface area contributed by atoms with Crippen LogP contribution in [0.4, 0.5) is 27.5 Å². The summed E-state index contributed by atoms with van der Waals surface area (Å²) in [6.07, 6.45) is 5.96. The van der Waals surface area contributed by atoms with Crippen LogP contribution in [0.3, 0.4) is 0 Å². The maximum absolute atomic E-state index is 13.9. The lowest BCUT2D eigenvalue weighted by Crippen LogP contribution is -2.39. The van der Waals surface area contributed by atoms with E-state index in [2.05, 4.69) is 46.5 Å². The molecule has 1 amide bonds. The normalized spacial score (nSPS) is 11.7. The number of imidazole rings is 1. The van der Waals surface area contributed by atoms with Gasteiger partial charge < -0.3 is 29.8 Å². The van der Waals surface area contributed by atoms with Crippen LogP contribution in [0.25, 0.3) is 10.9 Å². The first-order valence-corrected chi connectivity index (χ1v) is 12.5. The van der Waals surface area contributed by atoms with E-state index in [-0.39, 0.29) is 11.6 Å². The second kappa shape index (κ2) is 11.2. The molecule has 0 radical (unpaired) electrons. The van der Waals surface area contributed by atoms with E-state index in [0.29, 0.717) is 56.0 Å². The molecular weight excluding hydrogens is 573 g/mol. The summed E-state index contributed by atoms with van der Waals surface area (Å²) in [4.78, 5) is 40.2. The van der Waals surface area contributed by atoms with Gasteiger partial charge in [0.25, 0.3) is 0 Å². The summed E-state index contributed by atoms with van der Waals surface area (Å²) in [5.41, 5.74) is 1.55. The third-order valence-electron chi connectivity index (χ3n) is 5.99. The molecule has 12 nitrogen and oxygen atoms in total. The summed E-state index contributed by atoms with van der Waals surface area (Å²) in [6.45, 7) is 2.50. The SMILES string of the molecule is Cc1nc([N+](=O)[O-])c(C[N+](C)(C)C/C=C/C(=O)Nc2cc3c(Nc4ccc(Br)c(F)c4)ncnc3cn2)n1C. The number of anilines is 3. The number of likely N-dealkylation sites (N-methyl/N-ethyl adjacent to an activating group) is 1. The van der Waals surface area contributed by atoms with E-state index in [1.165, 1.54) is 24.7 Å². The number of nitrogens with zero attached hydrogens (tertiary/aromatic N) is 7. The topological polar surface area (TPSA) is 141 Å². The maximum Gasteiger partial charge on any atom is 0.391 e. The van der Waals surface area contributed by atoms with Gasteiger partial charge in [-0.05, 0) is 56.2 Å². The molecule has 0 bridgehead atoms. The zero-order valence-electron chi connectivity index (χ0n) is 21.6. The van der Waals surface area contributed by atoms with Crippen LogP contribution in [0.1, 0.15) is 11.5 Å². The second-order valence-electron chi connectivity index (χ2n) is 9.48. The van der Waals surface area contributed by atoms with Crippen molar-refractivity contribution in [1.29, 1.82) is 0 Å². The molecule has 0 aliphatic rings. The predicted octanol–water partition coefficient (Wildman–Crippen LogP) is 4.39. The molecule has 0 aliphatic heterocycles. The van der Waals surface area contributed by atoms with Gasteiger partial charge in [0.05, 0.1) is 36.8 Å². The summed E-state index contributed by atoms with van der Waals surface area (Å²) in [5.74, 6) is 0.289. The second-order valence-corrected chi connectivity index (χ2v) is 10.3. The molecule has 1 aromatic carbocycles. The minimum atomic E-state index is -0.481. The number of nitro groups is 1. The van der Waals surface area contributed by atoms with Crippen LogP contribution in [0.5, 0.6) is 0 Å². The Morgan fingerprint density at radius 3 is 2.74 bits per heavy atom. The molecule has 0 unspecified atom stereocenters. The molecule has 0 saturated heterocycles. The lowest BCUT2D eigenvalue weighted by Gasteiger charge is -2.28. The highest BCUT2D eigenvalue weighted by molar-refractivity contribution is 9.10. The Kier molecular flexibility index (Phi) is 7.97. The van der Waals surface area contributed by atoms with Gasteiger partial charge in [-0.3, -0.25) is 4.79 Å². The van der Waals surface area contributed by atoms with E-state index >= 15 is 0 Å². The molecule has 202 valence electrons. The maximum atomic E-state index is 13.9. The Balaban J connectivity index is 1.44. The van der Waals surface area contributed by atoms with E-state index in [0.717, 1.165) is 0 Å². The highest BCUT2D eigenvalue weighted by Gasteiger charge is 2.29. The van der Waals surface area contributed by atoms with Crippen molar-refractivity contribution in [1.82, 2.24) is 24.5 Å². The molecule has 0 fully saturated rings. The van der Waals surface area contributed by atoms with Gasteiger partial charge in [-0.2, -0.15) is 0 Å². The summed E-state index contributed by atoms with van der Waals surface area (Å²) in [7, 11) is 5.56. The van der Waals surface area contributed by atoms with Crippen molar-refractivity contribution in [2.24, 2.45) is 7.05 Å². The third kappa shape index (κ3) is 6.59. The molecule has 0 saturated carbocycles. The van der Waals surface area contributed by atoms with Crippen LogP contribution in [0, 0.1) is 22.9 Å². The number of pyridine rings is 1. The average Bonchev–Trinajstić information content (AvgIpc) is 3.14. The molecule has 2 N–H and O–H groups in total. The van der Waals surface area contributed by atoms with Crippen LogP contribution >= 0.6 is 15.9 Å². The number of halogens is 2. The summed E-state index contributed by atoms with van der Waals surface area (Å²) in [5, 5.41) is 17.8. The van der Waals surface area contributed by atoms with Crippen molar-refractivity contribution in [3.8, 4) is 0 Å². The van der Waals surface area contributed by atoms with Gasteiger partial charge in [0.2, 0.25) is 11.7 Å². The molecule has 0 spiro atoms. The third-order valence-corrected chi connectivity index (χ3v) is 6.63. The fraction of sp³-hybridized carbons (Fsp3) is 0.240.